The van der Waals surface area contributed by atoms with Crippen LogP contribution >= 0.6 is 0 Å². The monoisotopic (exact) mass is 238 g/mol. The van der Waals surface area contributed by atoms with Gasteiger partial charge in [0.05, 0.1) is 13.2 Å². The summed E-state index contributed by atoms with van der Waals surface area (Å²) in [7, 11) is 0. The van der Waals surface area contributed by atoms with E-state index in [0.717, 1.165) is 6.42 Å². The number of fused-ring (bicyclic) bond motifs is 2. The number of rotatable bonds is 4. The number of esters is 2. The molecule has 2 bridgehead atoms. The third-order valence-electron chi connectivity index (χ3n) is 3.67. The van der Waals surface area contributed by atoms with Gasteiger partial charge in [-0.15, -0.1) is 0 Å². The molecule has 17 heavy (non-hydrogen) atoms. The quantitative estimate of drug-likeness (QED) is 0.425. The van der Waals surface area contributed by atoms with Crippen molar-refractivity contribution in [2.75, 3.05) is 13.2 Å². The van der Waals surface area contributed by atoms with E-state index in [1.807, 2.05) is 6.08 Å². The molecule has 0 aromatic carbocycles. The van der Waals surface area contributed by atoms with E-state index in [-0.39, 0.29) is 5.92 Å². The van der Waals surface area contributed by atoms with E-state index in [2.05, 4.69) is 6.08 Å². The third-order valence-corrected chi connectivity index (χ3v) is 3.67. The normalized spacial score (nSPS) is 28.1. The average molecular weight is 238 g/mol. The number of carbonyl (C=O) groups is 2. The summed E-state index contributed by atoms with van der Waals surface area (Å²) in [5.74, 6) is -0.579. The molecule has 0 aliphatic heterocycles. The summed E-state index contributed by atoms with van der Waals surface area (Å²) >= 11 is 0. The van der Waals surface area contributed by atoms with Gasteiger partial charge in [0, 0.05) is 5.92 Å². The molecular weight excluding hydrogens is 220 g/mol. The van der Waals surface area contributed by atoms with Gasteiger partial charge in [0.2, 0.25) is 0 Å². The molecule has 2 rings (SSSR count). The second kappa shape index (κ2) is 4.51. The minimum Gasteiger partial charge on any atom is -0.465 e. The van der Waals surface area contributed by atoms with E-state index in [1.54, 1.807) is 13.8 Å². The van der Waals surface area contributed by atoms with Crippen LogP contribution in [0.25, 0.3) is 0 Å². The summed E-state index contributed by atoms with van der Waals surface area (Å²) in [6.45, 7) is 4.09. The minimum absolute atomic E-state index is 0.0504. The van der Waals surface area contributed by atoms with Crippen LogP contribution in [0.1, 0.15) is 26.7 Å². The van der Waals surface area contributed by atoms with Gasteiger partial charge in [-0.25, -0.2) is 0 Å². The summed E-state index contributed by atoms with van der Waals surface area (Å²) in [4.78, 5) is 24.2. The fraction of sp³-hybridized carbons (Fsp3) is 0.692. The Morgan fingerprint density at radius 1 is 1.18 bits per heavy atom. The Morgan fingerprint density at radius 3 is 2.12 bits per heavy atom. The highest BCUT2D eigenvalue weighted by Crippen LogP contribution is 2.53. The maximum atomic E-state index is 12.1. The van der Waals surface area contributed by atoms with Crippen molar-refractivity contribution in [3.8, 4) is 0 Å². The highest BCUT2D eigenvalue weighted by atomic mass is 16.6. The number of allylic oxidation sites excluding steroid dienone is 2. The molecule has 0 heterocycles. The predicted molar refractivity (Wildman–Crippen MR) is 61.1 cm³/mol. The van der Waals surface area contributed by atoms with Crippen molar-refractivity contribution in [1.82, 2.24) is 0 Å². The first kappa shape index (κ1) is 12.1. The van der Waals surface area contributed by atoms with Gasteiger partial charge in [0.25, 0.3) is 0 Å². The smallest absolute Gasteiger partial charge is 0.324 e. The van der Waals surface area contributed by atoms with Crippen molar-refractivity contribution in [3.63, 3.8) is 0 Å². The van der Waals surface area contributed by atoms with E-state index in [9.17, 15) is 9.59 Å². The van der Waals surface area contributed by atoms with Crippen LogP contribution in [0.3, 0.4) is 0 Å². The van der Waals surface area contributed by atoms with Crippen LogP contribution in [0, 0.1) is 17.3 Å². The Morgan fingerprint density at radius 2 is 1.76 bits per heavy atom. The molecule has 0 spiro atoms. The first-order valence-electron chi connectivity index (χ1n) is 6.18. The molecule has 1 saturated carbocycles. The SMILES string of the molecule is CCOC(=O)C1(C(=O)OCC)C[C@H]2C=C[C@H]1C2. The summed E-state index contributed by atoms with van der Waals surface area (Å²) in [5, 5.41) is 0. The zero-order valence-electron chi connectivity index (χ0n) is 10.3. The molecule has 1 fully saturated rings. The Labute approximate surface area is 101 Å². The van der Waals surface area contributed by atoms with Crippen LogP contribution in [0.2, 0.25) is 0 Å². The predicted octanol–water partition coefficient (Wildman–Crippen LogP) is 1.70. The second-order valence-corrected chi connectivity index (χ2v) is 4.60. The lowest BCUT2D eigenvalue weighted by Crippen LogP contribution is -2.45. The van der Waals surface area contributed by atoms with Gasteiger partial charge in [-0.05, 0) is 32.6 Å². The lowest BCUT2D eigenvalue weighted by atomic mass is 9.75. The van der Waals surface area contributed by atoms with Gasteiger partial charge < -0.3 is 9.47 Å². The standard InChI is InChI=1S/C13H18O4/c1-3-16-11(14)13(12(15)17-4-2)8-9-5-6-10(13)7-9/h5-6,9-10H,3-4,7-8H2,1-2H3/t9-,10-/m0/s1. The van der Waals surface area contributed by atoms with E-state index in [4.69, 9.17) is 9.47 Å². The van der Waals surface area contributed by atoms with Crippen LogP contribution in [-0.4, -0.2) is 25.2 Å². The fourth-order valence-electron chi connectivity index (χ4n) is 2.93. The lowest BCUT2D eigenvalue weighted by molar-refractivity contribution is -0.174. The lowest BCUT2D eigenvalue weighted by Gasteiger charge is -2.30. The average Bonchev–Trinajstić information content (AvgIpc) is 2.89. The highest BCUT2D eigenvalue weighted by Gasteiger charge is 2.60. The first-order chi connectivity index (χ1) is 8.15. The van der Waals surface area contributed by atoms with Crippen LogP contribution in [0.15, 0.2) is 12.2 Å². The zero-order valence-corrected chi connectivity index (χ0v) is 10.3. The van der Waals surface area contributed by atoms with Crippen LogP contribution in [0.5, 0.6) is 0 Å². The Balaban J connectivity index is 2.27. The Kier molecular flexibility index (Phi) is 3.22. The van der Waals surface area contributed by atoms with Crippen molar-refractivity contribution in [3.05, 3.63) is 12.2 Å². The van der Waals surface area contributed by atoms with Gasteiger partial charge in [-0.3, -0.25) is 9.59 Å². The van der Waals surface area contributed by atoms with Crippen molar-refractivity contribution in [2.45, 2.75) is 26.7 Å². The number of carbonyl (C=O) groups excluding carboxylic acids is 2. The molecule has 4 nitrogen and oxygen atoms in total. The van der Waals surface area contributed by atoms with Crippen LogP contribution < -0.4 is 0 Å². The van der Waals surface area contributed by atoms with Gasteiger partial charge >= 0.3 is 11.9 Å². The number of hydrogen-bond donors (Lipinski definition) is 0. The van der Waals surface area contributed by atoms with Gasteiger partial charge in [-0.2, -0.15) is 0 Å². The first-order valence-corrected chi connectivity index (χ1v) is 6.18. The fourth-order valence-corrected chi connectivity index (χ4v) is 2.93. The molecule has 2 aliphatic carbocycles. The Bertz CT molecular complexity index is 340. The van der Waals surface area contributed by atoms with E-state index in [1.165, 1.54) is 0 Å². The summed E-state index contributed by atoms with van der Waals surface area (Å²) in [6, 6.07) is 0. The molecule has 2 aliphatic rings. The highest BCUT2D eigenvalue weighted by molar-refractivity contribution is 6.01. The molecule has 0 N–H and O–H groups in total. The summed E-state index contributed by atoms with van der Waals surface area (Å²) in [6.07, 6.45) is 5.44. The number of hydrogen-bond acceptors (Lipinski definition) is 4. The van der Waals surface area contributed by atoms with Gasteiger partial charge in [0.1, 0.15) is 0 Å². The molecule has 0 unspecified atom stereocenters. The van der Waals surface area contributed by atoms with E-state index < -0.39 is 17.4 Å². The molecule has 0 amide bonds. The largest absolute Gasteiger partial charge is 0.465 e. The molecule has 94 valence electrons. The molecule has 2 atom stereocenters. The van der Waals surface area contributed by atoms with Crippen molar-refractivity contribution in [2.24, 2.45) is 17.3 Å². The topological polar surface area (TPSA) is 52.6 Å². The van der Waals surface area contributed by atoms with Crippen LogP contribution in [-0.2, 0) is 19.1 Å². The summed E-state index contributed by atoms with van der Waals surface area (Å²) < 4.78 is 10.2. The molecule has 0 radical (unpaired) electrons. The molecule has 4 heteroatoms. The Hall–Kier alpha value is -1.32. The second-order valence-electron chi connectivity index (χ2n) is 4.60. The molecule has 0 aromatic rings. The maximum Gasteiger partial charge on any atom is 0.324 e. The summed E-state index contributed by atoms with van der Waals surface area (Å²) in [5.41, 5.74) is -1.08. The molecule has 0 saturated heterocycles. The van der Waals surface area contributed by atoms with Gasteiger partial charge in [0.15, 0.2) is 5.41 Å². The third kappa shape index (κ3) is 1.75. The molecular formula is C13H18O4. The van der Waals surface area contributed by atoms with Crippen molar-refractivity contribution < 1.29 is 19.1 Å². The van der Waals surface area contributed by atoms with Crippen molar-refractivity contribution in [1.29, 1.82) is 0 Å². The van der Waals surface area contributed by atoms with Crippen LogP contribution in [0.4, 0.5) is 0 Å². The van der Waals surface area contributed by atoms with E-state index >= 15 is 0 Å². The van der Waals surface area contributed by atoms with E-state index in [0.29, 0.717) is 25.6 Å². The molecule has 0 aromatic heterocycles. The van der Waals surface area contributed by atoms with Crippen molar-refractivity contribution >= 4 is 11.9 Å². The number of ether oxygens (including phenoxy) is 2. The minimum atomic E-state index is -1.08. The zero-order chi connectivity index (χ0) is 12.5. The maximum absolute atomic E-state index is 12.1. The van der Waals surface area contributed by atoms with Gasteiger partial charge in [-0.1, -0.05) is 12.2 Å².